The molecule has 0 radical (unpaired) electrons. The van der Waals surface area contributed by atoms with Crippen molar-refractivity contribution >= 4 is 16.9 Å². The molecule has 1 aromatic carbocycles. The molecule has 88 valence electrons. The van der Waals surface area contributed by atoms with Gasteiger partial charge in [-0.15, -0.1) is 0 Å². The SMILES string of the molecule is O=C(O)CC(F)(F)c1ccc2ncccc2c1. The summed E-state index contributed by atoms with van der Waals surface area (Å²) >= 11 is 0. The Morgan fingerprint density at radius 2 is 2.12 bits per heavy atom. The van der Waals surface area contributed by atoms with Gasteiger partial charge < -0.3 is 5.11 Å². The van der Waals surface area contributed by atoms with Gasteiger partial charge in [-0.1, -0.05) is 12.1 Å². The number of halogens is 2. The fourth-order valence-electron chi connectivity index (χ4n) is 1.60. The van der Waals surface area contributed by atoms with E-state index in [2.05, 4.69) is 4.98 Å². The maximum atomic E-state index is 13.5. The van der Waals surface area contributed by atoms with Crippen molar-refractivity contribution in [1.29, 1.82) is 0 Å². The number of pyridine rings is 1. The van der Waals surface area contributed by atoms with Crippen molar-refractivity contribution in [2.45, 2.75) is 12.3 Å². The summed E-state index contributed by atoms with van der Waals surface area (Å²) in [4.78, 5) is 14.4. The largest absolute Gasteiger partial charge is 0.481 e. The van der Waals surface area contributed by atoms with Crippen molar-refractivity contribution in [1.82, 2.24) is 4.98 Å². The van der Waals surface area contributed by atoms with Gasteiger partial charge >= 0.3 is 5.97 Å². The topological polar surface area (TPSA) is 50.2 Å². The van der Waals surface area contributed by atoms with E-state index in [0.29, 0.717) is 10.9 Å². The van der Waals surface area contributed by atoms with Crippen LogP contribution in [-0.2, 0) is 10.7 Å². The Morgan fingerprint density at radius 1 is 1.35 bits per heavy atom. The van der Waals surface area contributed by atoms with Crippen LogP contribution in [0.4, 0.5) is 8.78 Å². The average molecular weight is 237 g/mol. The van der Waals surface area contributed by atoms with Crippen LogP contribution < -0.4 is 0 Å². The van der Waals surface area contributed by atoms with Crippen molar-refractivity contribution in [2.24, 2.45) is 0 Å². The van der Waals surface area contributed by atoms with Crippen molar-refractivity contribution in [3.05, 3.63) is 42.1 Å². The molecule has 1 aromatic heterocycles. The highest BCUT2D eigenvalue weighted by Gasteiger charge is 2.34. The molecule has 0 aliphatic heterocycles. The van der Waals surface area contributed by atoms with Crippen LogP contribution in [0.15, 0.2) is 36.5 Å². The van der Waals surface area contributed by atoms with E-state index in [9.17, 15) is 13.6 Å². The summed E-state index contributed by atoms with van der Waals surface area (Å²) in [5.41, 5.74) is 0.294. The van der Waals surface area contributed by atoms with Gasteiger partial charge in [0.2, 0.25) is 0 Å². The first-order valence-corrected chi connectivity index (χ1v) is 4.94. The molecule has 1 N–H and O–H groups in total. The summed E-state index contributed by atoms with van der Waals surface area (Å²) in [7, 11) is 0. The molecule has 0 fully saturated rings. The summed E-state index contributed by atoms with van der Waals surface area (Å²) in [5.74, 6) is -4.89. The van der Waals surface area contributed by atoms with Crippen LogP contribution in [-0.4, -0.2) is 16.1 Å². The second kappa shape index (κ2) is 4.08. The number of hydrogen-bond donors (Lipinski definition) is 1. The molecule has 0 amide bonds. The second-order valence-corrected chi connectivity index (χ2v) is 3.69. The first-order valence-electron chi connectivity index (χ1n) is 4.94. The van der Waals surface area contributed by atoms with Crippen molar-refractivity contribution in [3.63, 3.8) is 0 Å². The Bertz CT molecular complexity index is 569. The molecule has 1 heterocycles. The molecule has 0 spiro atoms. The van der Waals surface area contributed by atoms with Crippen LogP contribution in [0.25, 0.3) is 10.9 Å². The number of hydrogen-bond acceptors (Lipinski definition) is 2. The fraction of sp³-hybridized carbons (Fsp3) is 0.167. The summed E-state index contributed by atoms with van der Waals surface area (Å²) in [6, 6.07) is 7.23. The summed E-state index contributed by atoms with van der Waals surface area (Å²) in [5, 5.41) is 9.00. The lowest BCUT2D eigenvalue weighted by Crippen LogP contribution is -2.18. The molecule has 0 aliphatic rings. The van der Waals surface area contributed by atoms with Gasteiger partial charge in [0.1, 0.15) is 6.42 Å². The van der Waals surface area contributed by atoms with E-state index in [1.165, 1.54) is 18.2 Å². The number of alkyl halides is 2. The van der Waals surface area contributed by atoms with E-state index in [4.69, 9.17) is 5.11 Å². The number of carboxylic acid groups (broad SMARTS) is 1. The lowest BCUT2D eigenvalue weighted by Gasteiger charge is -2.14. The van der Waals surface area contributed by atoms with Gasteiger partial charge in [0, 0.05) is 17.1 Å². The predicted molar refractivity (Wildman–Crippen MR) is 57.9 cm³/mol. The van der Waals surface area contributed by atoms with E-state index in [0.717, 1.165) is 0 Å². The zero-order valence-corrected chi connectivity index (χ0v) is 8.73. The van der Waals surface area contributed by atoms with Crippen molar-refractivity contribution < 1.29 is 18.7 Å². The van der Waals surface area contributed by atoms with Gasteiger partial charge in [0.05, 0.1) is 5.52 Å². The Hall–Kier alpha value is -2.04. The number of nitrogens with zero attached hydrogens (tertiary/aromatic N) is 1. The first-order chi connectivity index (χ1) is 7.99. The minimum absolute atomic E-state index is 0.305. The molecule has 0 saturated carbocycles. The molecule has 2 rings (SSSR count). The minimum atomic E-state index is -3.37. The van der Waals surface area contributed by atoms with E-state index in [-0.39, 0.29) is 5.56 Å². The Balaban J connectivity index is 2.45. The van der Waals surface area contributed by atoms with Gasteiger partial charge in [0.15, 0.2) is 0 Å². The third-order valence-electron chi connectivity index (χ3n) is 2.40. The molecule has 0 atom stereocenters. The molecule has 5 heteroatoms. The molecule has 3 nitrogen and oxygen atoms in total. The van der Waals surface area contributed by atoms with Gasteiger partial charge in [-0.3, -0.25) is 9.78 Å². The Labute approximate surface area is 95.7 Å². The summed E-state index contributed by atoms with van der Waals surface area (Å²) < 4.78 is 27.1. The number of benzene rings is 1. The highest BCUT2D eigenvalue weighted by Crippen LogP contribution is 2.33. The van der Waals surface area contributed by atoms with Crippen molar-refractivity contribution in [2.75, 3.05) is 0 Å². The normalized spacial score (nSPS) is 11.6. The third-order valence-corrected chi connectivity index (χ3v) is 2.40. The van der Waals surface area contributed by atoms with Crippen LogP contribution in [0, 0.1) is 0 Å². The molecule has 17 heavy (non-hydrogen) atoms. The van der Waals surface area contributed by atoms with Gasteiger partial charge in [-0.25, -0.2) is 8.78 Å². The number of rotatable bonds is 3. The third kappa shape index (κ3) is 2.38. The van der Waals surface area contributed by atoms with E-state index in [1.807, 2.05) is 0 Å². The van der Waals surface area contributed by atoms with E-state index < -0.39 is 18.3 Å². The Kier molecular flexibility index (Phi) is 2.75. The first kappa shape index (κ1) is 11.4. The molecular formula is C12H9F2NO2. The van der Waals surface area contributed by atoms with Crippen LogP contribution in [0.5, 0.6) is 0 Å². The molecule has 0 aliphatic carbocycles. The van der Waals surface area contributed by atoms with Crippen LogP contribution >= 0.6 is 0 Å². The standard InChI is InChI=1S/C12H9F2NO2/c13-12(14,7-11(16)17)9-3-4-10-8(6-9)2-1-5-15-10/h1-6H,7H2,(H,16,17). The van der Waals surface area contributed by atoms with Crippen LogP contribution in [0.2, 0.25) is 0 Å². The summed E-state index contributed by atoms with van der Waals surface area (Å²) in [6.07, 6.45) is 0.357. The monoisotopic (exact) mass is 237 g/mol. The second-order valence-electron chi connectivity index (χ2n) is 3.69. The number of aromatic nitrogens is 1. The molecule has 0 unspecified atom stereocenters. The highest BCUT2D eigenvalue weighted by atomic mass is 19.3. The Morgan fingerprint density at radius 3 is 2.82 bits per heavy atom. The predicted octanol–water partition coefficient (Wildman–Crippen LogP) is 2.80. The minimum Gasteiger partial charge on any atom is -0.481 e. The zero-order chi connectivity index (χ0) is 12.5. The van der Waals surface area contributed by atoms with Gasteiger partial charge in [-0.05, 0) is 18.2 Å². The maximum absolute atomic E-state index is 13.5. The van der Waals surface area contributed by atoms with Gasteiger partial charge in [-0.2, -0.15) is 0 Å². The highest BCUT2D eigenvalue weighted by molar-refractivity contribution is 5.79. The van der Waals surface area contributed by atoms with Gasteiger partial charge in [0.25, 0.3) is 5.92 Å². The molecule has 2 aromatic rings. The molecule has 0 bridgehead atoms. The smallest absolute Gasteiger partial charge is 0.309 e. The maximum Gasteiger partial charge on any atom is 0.309 e. The van der Waals surface area contributed by atoms with Crippen LogP contribution in [0.3, 0.4) is 0 Å². The van der Waals surface area contributed by atoms with Crippen molar-refractivity contribution in [3.8, 4) is 0 Å². The van der Waals surface area contributed by atoms with Crippen LogP contribution in [0.1, 0.15) is 12.0 Å². The number of fused-ring (bicyclic) bond motifs is 1. The molecular weight excluding hydrogens is 228 g/mol. The number of aliphatic carboxylic acids is 1. The zero-order valence-electron chi connectivity index (χ0n) is 8.73. The van der Waals surface area contributed by atoms with E-state index >= 15 is 0 Å². The fourth-order valence-corrected chi connectivity index (χ4v) is 1.60. The summed E-state index contributed by atoms with van der Waals surface area (Å²) in [6.45, 7) is 0. The van der Waals surface area contributed by atoms with E-state index in [1.54, 1.807) is 18.3 Å². The lowest BCUT2D eigenvalue weighted by atomic mass is 10.0. The molecule has 0 saturated heterocycles. The number of carbonyl (C=O) groups is 1. The average Bonchev–Trinajstić information content (AvgIpc) is 2.26. The lowest BCUT2D eigenvalue weighted by molar-refractivity contribution is -0.145. The number of carboxylic acids is 1. The quantitative estimate of drug-likeness (QED) is 0.892.